The number of hydrogen-bond donors (Lipinski definition) is 1. The number of sulfonamides is 1. The number of nitrogens with one attached hydrogen (secondary N) is 1. The van der Waals surface area contributed by atoms with Crippen LogP contribution in [-0.2, 0) is 10.0 Å². The maximum atomic E-state index is 12.5. The van der Waals surface area contributed by atoms with Crippen molar-refractivity contribution in [3.8, 4) is 0 Å². The van der Waals surface area contributed by atoms with Crippen molar-refractivity contribution in [1.82, 2.24) is 0 Å². The monoisotopic (exact) mass is 354 g/mol. The Morgan fingerprint density at radius 1 is 1.13 bits per heavy atom. The van der Waals surface area contributed by atoms with Gasteiger partial charge in [-0.05, 0) is 38.5 Å². The summed E-state index contributed by atoms with van der Waals surface area (Å²) in [4.78, 5) is 10.1. The third-order valence-electron chi connectivity index (χ3n) is 3.42. The van der Waals surface area contributed by atoms with Crippen molar-refractivity contribution < 1.29 is 13.3 Å². The van der Waals surface area contributed by atoms with E-state index in [1.54, 1.807) is 19.1 Å². The van der Waals surface area contributed by atoms with E-state index < -0.39 is 14.9 Å². The topological polar surface area (TPSA) is 89.3 Å². The van der Waals surface area contributed by atoms with Gasteiger partial charge in [0.05, 0.1) is 20.5 Å². The number of nitro groups is 1. The van der Waals surface area contributed by atoms with Crippen LogP contribution >= 0.6 is 11.6 Å². The molecule has 0 fully saturated rings. The first-order valence-electron chi connectivity index (χ1n) is 6.66. The molecule has 0 saturated heterocycles. The second-order valence-corrected chi connectivity index (χ2v) is 7.32. The lowest BCUT2D eigenvalue weighted by Crippen LogP contribution is -2.14. The predicted molar refractivity (Wildman–Crippen MR) is 89.6 cm³/mol. The van der Waals surface area contributed by atoms with Gasteiger partial charge in [0.15, 0.2) is 0 Å². The van der Waals surface area contributed by atoms with Crippen LogP contribution in [0.1, 0.15) is 16.7 Å². The largest absolute Gasteiger partial charge is 0.279 e. The molecule has 8 heteroatoms. The van der Waals surface area contributed by atoms with E-state index in [4.69, 9.17) is 11.6 Å². The third kappa shape index (κ3) is 3.62. The standard InChI is InChI=1S/C15H15ClN2O4S/c1-9-4-5-14(10(2)6-9)17-23(21,22)12-7-13(16)11(3)15(8-12)18(19)20/h4-8,17H,1-3H3. The van der Waals surface area contributed by atoms with Gasteiger partial charge in [-0.15, -0.1) is 0 Å². The van der Waals surface area contributed by atoms with E-state index in [0.29, 0.717) is 5.69 Å². The first-order valence-corrected chi connectivity index (χ1v) is 8.52. The number of halogens is 1. The Morgan fingerprint density at radius 3 is 2.35 bits per heavy atom. The van der Waals surface area contributed by atoms with Gasteiger partial charge in [-0.1, -0.05) is 29.3 Å². The van der Waals surface area contributed by atoms with Crippen molar-refractivity contribution in [2.45, 2.75) is 25.7 Å². The zero-order valence-corrected chi connectivity index (χ0v) is 14.3. The molecule has 0 aliphatic rings. The van der Waals surface area contributed by atoms with Gasteiger partial charge in [-0.25, -0.2) is 8.42 Å². The minimum Gasteiger partial charge on any atom is -0.279 e. The first-order chi connectivity index (χ1) is 10.6. The number of benzene rings is 2. The van der Waals surface area contributed by atoms with E-state index in [-0.39, 0.29) is 21.2 Å². The summed E-state index contributed by atoms with van der Waals surface area (Å²) >= 11 is 5.93. The van der Waals surface area contributed by atoms with Gasteiger partial charge in [-0.2, -0.15) is 0 Å². The molecule has 0 radical (unpaired) electrons. The average Bonchev–Trinajstić information content (AvgIpc) is 2.44. The summed E-state index contributed by atoms with van der Waals surface area (Å²) < 4.78 is 27.4. The average molecular weight is 355 g/mol. The Bertz CT molecular complexity index is 895. The minimum atomic E-state index is -3.98. The number of anilines is 1. The molecule has 122 valence electrons. The fraction of sp³-hybridized carbons (Fsp3) is 0.200. The van der Waals surface area contributed by atoms with Gasteiger partial charge in [0.1, 0.15) is 0 Å². The van der Waals surface area contributed by atoms with Crippen LogP contribution in [0.15, 0.2) is 35.2 Å². The number of rotatable bonds is 4. The quantitative estimate of drug-likeness (QED) is 0.664. The molecule has 0 bridgehead atoms. The fourth-order valence-corrected chi connectivity index (χ4v) is 3.57. The molecule has 0 saturated carbocycles. The van der Waals surface area contributed by atoms with Gasteiger partial charge in [0, 0.05) is 11.6 Å². The number of aryl methyl sites for hydroxylation is 2. The van der Waals surface area contributed by atoms with Crippen molar-refractivity contribution in [2.24, 2.45) is 0 Å². The van der Waals surface area contributed by atoms with E-state index >= 15 is 0 Å². The second-order valence-electron chi connectivity index (χ2n) is 5.23. The molecule has 0 amide bonds. The Morgan fingerprint density at radius 2 is 1.78 bits per heavy atom. The minimum absolute atomic E-state index is 0.0280. The zero-order chi connectivity index (χ0) is 17.4. The molecular formula is C15H15ClN2O4S. The summed E-state index contributed by atoms with van der Waals surface area (Å²) in [7, 11) is -3.98. The highest BCUT2D eigenvalue weighted by Crippen LogP contribution is 2.30. The van der Waals surface area contributed by atoms with Gasteiger partial charge < -0.3 is 0 Å². The van der Waals surface area contributed by atoms with Crippen LogP contribution in [0.2, 0.25) is 5.02 Å². The molecule has 0 spiro atoms. The Hall–Kier alpha value is -2.12. The normalized spacial score (nSPS) is 11.3. The van der Waals surface area contributed by atoms with Crippen LogP contribution in [0, 0.1) is 30.9 Å². The molecule has 6 nitrogen and oxygen atoms in total. The molecular weight excluding hydrogens is 340 g/mol. The second kappa shape index (κ2) is 6.17. The van der Waals surface area contributed by atoms with Crippen LogP contribution in [0.4, 0.5) is 11.4 Å². The van der Waals surface area contributed by atoms with Gasteiger partial charge in [-0.3, -0.25) is 14.8 Å². The van der Waals surface area contributed by atoms with Crippen LogP contribution in [0.5, 0.6) is 0 Å². The smallest absolute Gasteiger partial charge is 0.275 e. The lowest BCUT2D eigenvalue weighted by molar-refractivity contribution is -0.385. The highest BCUT2D eigenvalue weighted by molar-refractivity contribution is 7.92. The van der Waals surface area contributed by atoms with E-state index in [1.807, 2.05) is 13.0 Å². The van der Waals surface area contributed by atoms with Gasteiger partial charge in [0.25, 0.3) is 15.7 Å². The third-order valence-corrected chi connectivity index (χ3v) is 5.16. The Balaban J connectivity index is 2.50. The van der Waals surface area contributed by atoms with E-state index in [2.05, 4.69) is 4.72 Å². The Kier molecular flexibility index (Phi) is 4.63. The summed E-state index contributed by atoms with van der Waals surface area (Å²) in [5.41, 5.74) is 2.05. The lowest BCUT2D eigenvalue weighted by Gasteiger charge is -2.12. The van der Waals surface area contributed by atoms with Crippen molar-refractivity contribution in [2.75, 3.05) is 4.72 Å². The van der Waals surface area contributed by atoms with Crippen LogP contribution in [0.3, 0.4) is 0 Å². The lowest BCUT2D eigenvalue weighted by atomic mass is 10.1. The zero-order valence-electron chi connectivity index (χ0n) is 12.8. The van der Waals surface area contributed by atoms with Gasteiger partial charge >= 0.3 is 0 Å². The van der Waals surface area contributed by atoms with Crippen LogP contribution in [-0.4, -0.2) is 13.3 Å². The molecule has 0 unspecified atom stereocenters. The van der Waals surface area contributed by atoms with Crippen LogP contribution in [0.25, 0.3) is 0 Å². The Labute approximate surface area is 139 Å². The number of nitrogens with zero attached hydrogens (tertiary/aromatic N) is 1. The summed E-state index contributed by atoms with van der Waals surface area (Å²) in [5, 5.41) is 11.1. The SMILES string of the molecule is Cc1ccc(NS(=O)(=O)c2cc(Cl)c(C)c([N+](=O)[O-])c2)c(C)c1. The molecule has 2 aromatic rings. The highest BCUT2D eigenvalue weighted by atomic mass is 35.5. The number of hydrogen-bond acceptors (Lipinski definition) is 4. The molecule has 0 aromatic heterocycles. The molecule has 1 N–H and O–H groups in total. The first kappa shape index (κ1) is 17.2. The number of nitro benzene ring substituents is 1. The summed E-state index contributed by atoms with van der Waals surface area (Å²) in [5.74, 6) is 0. The maximum Gasteiger partial charge on any atom is 0.275 e. The highest BCUT2D eigenvalue weighted by Gasteiger charge is 2.23. The van der Waals surface area contributed by atoms with Crippen molar-refractivity contribution in [1.29, 1.82) is 0 Å². The van der Waals surface area contributed by atoms with Crippen molar-refractivity contribution >= 4 is 33.0 Å². The molecule has 0 aliphatic heterocycles. The predicted octanol–water partition coefficient (Wildman–Crippen LogP) is 3.97. The van der Waals surface area contributed by atoms with Crippen LogP contribution < -0.4 is 4.72 Å². The summed E-state index contributed by atoms with van der Waals surface area (Å²) in [6, 6.07) is 7.47. The molecule has 2 rings (SSSR count). The molecule has 0 heterocycles. The fourth-order valence-electron chi connectivity index (χ4n) is 2.12. The molecule has 23 heavy (non-hydrogen) atoms. The van der Waals surface area contributed by atoms with E-state index in [1.165, 1.54) is 13.0 Å². The maximum absolute atomic E-state index is 12.5. The molecule has 0 aliphatic carbocycles. The molecule has 0 atom stereocenters. The van der Waals surface area contributed by atoms with Gasteiger partial charge in [0.2, 0.25) is 0 Å². The van der Waals surface area contributed by atoms with Crippen molar-refractivity contribution in [3.05, 3.63) is 62.2 Å². The molecule has 2 aromatic carbocycles. The van der Waals surface area contributed by atoms with E-state index in [9.17, 15) is 18.5 Å². The summed E-state index contributed by atoms with van der Waals surface area (Å²) in [6.07, 6.45) is 0. The van der Waals surface area contributed by atoms with Crippen molar-refractivity contribution in [3.63, 3.8) is 0 Å². The summed E-state index contributed by atoms with van der Waals surface area (Å²) in [6.45, 7) is 5.14. The van der Waals surface area contributed by atoms with E-state index in [0.717, 1.165) is 17.2 Å².